The monoisotopic (exact) mass is 597 g/mol. The van der Waals surface area contributed by atoms with Gasteiger partial charge in [0, 0.05) is 43.0 Å². The molecule has 2 aromatic carbocycles. The molecule has 0 bridgehead atoms. The fraction of sp³-hybridized carbons (Fsp3) is 0.455. The van der Waals surface area contributed by atoms with E-state index in [1.54, 1.807) is 11.2 Å². The number of likely N-dealkylation sites (tertiary alicyclic amines) is 1. The van der Waals surface area contributed by atoms with E-state index in [0.29, 0.717) is 44.8 Å². The van der Waals surface area contributed by atoms with Crippen molar-refractivity contribution in [1.82, 2.24) is 30.0 Å². The zero-order valence-corrected chi connectivity index (χ0v) is 26.0. The number of H-pyrrole nitrogens is 1. The summed E-state index contributed by atoms with van der Waals surface area (Å²) in [5.41, 5.74) is 5.14. The number of piperazine rings is 1. The Balaban J connectivity index is 1.32. The molecule has 2 saturated heterocycles. The predicted molar refractivity (Wildman–Crippen MR) is 170 cm³/mol. The number of hydrogen-bond donors (Lipinski definition) is 1. The molecule has 2 aliphatic heterocycles. The van der Waals surface area contributed by atoms with Crippen molar-refractivity contribution in [3.63, 3.8) is 0 Å². The van der Waals surface area contributed by atoms with E-state index in [1.807, 2.05) is 33.0 Å². The van der Waals surface area contributed by atoms with Gasteiger partial charge in [0.2, 0.25) is 0 Å². The highest BCUT2D eigenvalue weighted by atomic mass is 16.6. The molecule has 0 radical (unpaired) electrons. The van der Waals surface area contributed by atoms with E-state index in [0.717, 1.165) is 74.7 Å². The van der Waals surface area contributed by atoms with Crippen molar-refractivity contribution in [1.29, 1.82) is 0 Å². The average Bonchev–Trinajstić information content (AvgIpc) is 3.76. The summed E-state index contributed by atoms with van der Waals surface area (Å²) in [6.07, 6.45) is 5.55. The van der Waals surface area contributed by atoms with Crippen LogP contribution in [0.1, 0.15) is 39.2 Å². The van der Waals surface area contributed by atoms with Crippen LogP contribution in [0.15, 0.2) is 41.1 Å². The number of amides is 1. The third-order valence-electron chi connectivity index (χ3n) is 8.77. The summed E-state index contributed by atoms with van der Waals surface area (Å²) < 4.78 is 18.2. The number of nitrogens with one attached hydrogen (secondary N) is 1. The molecule has 0 unspecified atom stereocenters. The molecule has 2 aliphatic rings. The van der Waals surface area contributed by atoms with Gasteiger partial charge in [-0.15, -0.1) is 0 Å². The first-order valence-electron chi connectivity index (χ1n) is 15.4. The number of rotatable bonds is 5. The molecule has 44 heavy (non-hydrogen) atoms. The van der Waals surface area contributed by atoms with Gasteiger partial charge in [-0.05, 0) is 89.0 Å². The van der Waals surface area contributed by atoms with Crippen molar-refractivity contribution in [3.8, 4) is 17.1 Å². The van der Waals surface area contributed by atoms with Gasteiger partial charge in [-0.3, -0.25) is 5.10 Å². The number of fused-ring (bicyclic) bond motifs is 4. The summed E-state index contributed by atoms with van der Waals surface area (Å²) >= 11 is 0. The van der Waals surface area contributed by atoms with Crippen LogP contribution in [0.4, 0.5) is 10.6 Å². The second kappa shape index (κ2) is 11.0. The maximum absolute atomic E-state index is 12.8. The maximum atomic E-state index is 12.8. The topological polar surface area (TPSA) is 113 Å². The molecule has 1 atom stereocenters. The number of likely N-dealkylation sites (N-methyl/N-ethyl adjacent to an activating group) is 1. The lowest BCUT2D eigenvalue weighted by atomic mass is 9.93. The van der Waals surface area contributed by atoms with Crippen molar-refractivity contribution in [2.24, 2.45) is 0 Å². The number of anilines is 1. The van der Waals surface area contributed by atoms with Crippen LogP contribution in [0.2, 0.25) is 0 Å². The fourth-order valence-electron chi connectivity index (χ4n) is 6.47. The highest BCUT2D eigenvalue weighted by Gasteiger charge is 2.30. The van der Waals surface area contributed by atoms with Gasteiger partial charge < -0.3 is 28.6 Å². The number of benzene rings is 2. The highest BCUT2D eigenvalue weighted by molar-refractivity contribution is 6.16. The van der Waals surface area contributed by atoms with Crippen LogP contribution < -0.4 is 9.64 Å². The van der Waals surface area contributed by atoms with Gasteiger partial charge in [0.15, 0.2) is 0 Å². The first-order chi connectivity index (χ1) is 21.2. The van der Waals surface area contributed by atoms with Gasteiger partial charge in [-0.1, -0.05) is 6.07 Å². The summed E-state index contributed by atoms with van der Waals surface area (Å²) in [6, 6.07) is 8.97. The molecule has 230 valence electrons. The molecular formula is C33H39N7O4. The normalized spacial score (nSPS) is 18.2. The van der Waals surface area contributed by atoms with Crippen LogP contribution in [0.5, 0.6) is 6.01 Å². The summed E-state index contributed by atoms with van der Waals surface area (Å²) in [7, 11) is 2.14. The van der Waals surface area contributed by atoms with Gasteiger partial charge in [0.25, 0.3) is 0 Å². The Labute approximate surface area is 256 Å². The number of aromatic nitrogens is 4. The molecule has 11 nitrogen and oxygen atoms in total. The van der Waals surface area contributed by atoms with Crippen LogP contribution in [0.25, 0.3) is 43.9 Å². The third kappa shape index (κ3) is 5.19. The Hall–Kier alpha value is -4.38. The Kier molecular flexibility index (Phi) is 7.07. The zero-order valence-electron chi connectivity index (χ0n) is 26.0. The van der Waals surface area contributed by atoms with Crippen LogP contribution >= 0.6 is 0 Å². The quantitative estimate of drug-likeness (QED) is 0.270. The predicted octanol–water partition coefficient (Wildman–Crippen LogP) is 5.76. The van der Waals surface area contributed by atoms with Crippen LogP contribution in [0.3, 0.4) is 0 Å². The largest absolute Gasteiger partial charge is 0.463 e. The van der Waals surface area contributed by atoms with E-state index >= 15 is 0 Å². The number of carbonyl (C=O) groups excluding carboxylic acids is 1. The van der Waals surface area contributed by atoms with Gasteiger partial charge in [0.1, 0.15) is 23.6 Å². The summed E-state index contributed by atoms with van der Waals surface area (Å²) in [4.78, 5) is 29.0. The van der Waals surface area contributed by atoms with Crippen LogP contribution in [-0.2, 0) is 4.74 Å². The lowest BCUT2D eigenvalue weighted by Gasteiger charge is -2.36. The van der Waals surface area contributed by atoms with E-state index in [4.69, 9.17) is 23.9 Å². The number of nitrogens with zero attached hydrogens (tertiary/aromatic N) is 6. The van der Waals surface area contributed by atoms with Crippen molar-refractivity contribution >= 4 is 44.7 Å². The van der Waals surface area contributed by atoms with Crippen LogP contribution in [-0.4, -0.2) is 94.1 Å². The number of hydrogen-bond acceptors (Lipinski definition) is 9. The standard InChI is InChI=1S/C33H39N7O4/c1-20-8-9-25-24(18-34-37-25)27(20)23-17-26-28(29-22(23)10-16-42-29)30(36-31(35-26)43-19-21-7-6-11-38(21)5)39-12-14-40(15-13-39)32(41)44-33(2,3)4/h8-10,16-18,21H,6-7,11-15,19H2,1-5H3,(H,34,37)/t21-/m0/s1. The lowest BCUT2D eigenvalue weighted by molar-refractivity contribution is 0.0240. The van der Waals surface area contributed by atoms with Gasteiger partial charge in [-0.25, -0.2) is 4.79 Å². The number of furan rings is 1. The highest BCUT2D eigenvalue weighted by Crippen LogP contribution is 2.42. The number of ether oxygens (including phenoxy) is 2. The van der Waals surface area contributed by atoms with E-state index in [9.17, 15) is 4.79 Å². The minimum atomic E-state index is -0.543. The van der Waals surface area contributed by atoms with Crippen molar-refractivity contribution < 1.29 is 18.7 Å². The molecule has 11 heteroatoms. The minimum Gasteiger partial charge on any atom is -0.463 e. The number of aromatic amines is 1. The first-order valence-corrected chi connectivity index (χ1v) is 15.4. The lowest BCUT2D eigenvalue weighted by Crippen LogP contribution is -2.50. The SMILES string of the molecule is Cc1ccc2[nH]ncc2c1-c1cc2nc(OC[C@@H]3CCCN3C)nc(N3CCN(C(=O)OC(C)(C)C)CC3)c2c2occc12. The molecule has 0 aliphatic carbocycles. The average molecular weight is 598 g/mol. The molecule has 0 spiro atoms. The summed E-state index contributed by atoms with van der Waals surface area (Å²) in [5.74, 6) is 0.748. The van der Waals surface area contributed by atoms with E-state index in [2.05, 4.69) is 52.2 Å². The van der Waals surface area contributed by atoms with E-state index in [1.165, 1.54) is 0 Å². The second-order valence-electron chi connectivity index (χ2n) is 12.9. The maximum Gasteiger partial charge on any atom is 0.410 e. The van der Waals surface area contributed by atoms with Crippen LogP contribution in [0, 0.1) is 6.92 Å². The summed E-state index contributed by atoms with van der Waals surface area (Å²) in [6.45, 7) is 11.6. The van der Waals surface area contributed by atoms with Gasteiger partial charge >= 0.3 is 12.1 Å². The van der Waals surface area contributed by atoms with Crippen molar-refractivity contribution in [3.05, 3.63) is 42.3 Å². The van der Waals surface area contributed by atoms with Gasteiger partial charge in [0.05, 0.1) is 28.9 Å². The van der Waals surface area contributed by atoms with E-state index in [-0.39, 0.29) is 6.09 Å². The smallest absolute Gasteiger partial charge is 0.410 e. The Morgan fingerprint density at radius 3 is 2.66 bits per heavy atom. The minimum absolute atomic E-state index is 0.295. The third-order valence-corrected chi connectivity index (χ3v) is 8.77. The molecule has 0 saturated carbocycles. The molecule has 7 rings (SSSR count). The number of carbonyl (C=O) groups is 1. The molecule has 1 amide bonds. The molecule has 5 aromatic rings. The zero-order chi connectivity index (χ0) is 30.6. The second-order valence-corrected chi connectivity index (χ2v) is 12.9. The van der Waals surface area contributed by atoms with Gasteiger partial charge in [-0.2, -0.15) is 15.1 Å². The number of aryl methyl sites for hydroxylation is 1. The molecule has 3 aromatic heterocycles. The molecule has 5 heterocycles. The first kappa shape index (κ1) is 28.4. The summed E-state index contributed by atoms with van der Waals surface area (Å²) in [5, 5.41) is 10.3. The Morgan fingerprint density at radius 2 is 1.91 bits per heavy atom. The molecule has 1 N–H and O–H groups in total. The molecule has 2 fully saturated rings. The van der Waals surface area contributed by atoms with E-state index < -0.39 is 5.60 Å². The van der Waals surface area contributed by atoms with Crippen molar-refractivity contribution in [2.45, 2.75) is 52.2 Å². The fourth-order valence-corrected chi connectivity index (χ4v) is 6.47. The Morgan fingerprint density at radius 1 is 1.09 bits per heavy atom. The molecular weight excluding hydrogens is 558 g/mol. The Bertz CT molecular complexity index is 1850. The van der Waals surface area contributed by atoms with Crippen molar-refractivity contribution in [2.75, 3.05) is 51.3 Å².